The summed E-state index contributed by atoms with van der Waals surface area (Å²) in [5, 5.41) is 6.72. The molecular weight excluding hydrogens is 803 g/mol. The van der Waals surface area contributed by atoms with E-state index < -0.39 is 0 Å². The van der Waals surface area contributed by atoms with Crippen molar-refractivity contribution in [2.75, 3.05) is 57.7 Å². The molecule has 0 bridgehead atoms. The molecule has 0 atom stereocenters. The number of anilines is 1. The van der Waals surface area contributed by atoms with Crippen molar-refractivity contribution in [2.45, 2.75) is 118 Å². The normalized spacial score (nSPS) is 11.0. The molecule has 352 valence electrons. The molecule has 0 spiro atoms. The lowest BCUT2D eigenvalue weighted by molar-refractivity contribution is 0.188. The van der Waals surface area contributed by atoms with Crippen molar-refractivity contribution in [1.29, 1.82) is 0 Å². The summed E-state index contributed by atoms with van der Waals surface area (Å²) in [6, 6.07) is 44.3. The third kappa shape index (κ3) is 22.1. The van der Waals surface area contributed by atoms with Crippen molar-refractivity contribution in [3.05, 3.63) is 150 Å². The second-order valence-corrected chi connectivity index (χ2v) is 17.0. The van der Waals surface area contributed by atoms with Crippen LogP contribution in [-0.4, -0.2) is 73.1 Å². The lowest BCUT2D eigenvalue weighted by Gasteiger charge is -2.28. The van der Waals surface area contributed by atoms with Crippen molar-refractivity contribution in [3.8, 4) is 23.0 Å². The van der Waals surface area contributed by atoms with E-state index in [4.69, 9.17) is 9.47 Å². The minimum atomic E-state index is -0.0631. The number of carbonyl (C=O) groups excluding carboxylic acids is 1. The minimum Gasteiger partial charge on any atom is -0.457 e. The van der Waals surface area contributed by atoms with Gasteiger partial charge in [-0.25, -0.2) is 4.79 Å². The number of nitrogens with zero attached hydrogens (tertiary/aromatic N) is 3. The van der Waals surface area contributed by atoms with Crippen molar-refractivity contribution in [1.82, 2.24) is 20.0 Å². The SMILES string of the molecule is CCCCN(CCCC)CCNCc1ccc(Oc2ccccc2)cc1.CCCCc1ccc(NC(=O)N(CCN(CCCC)CCCC)Cc2ccc(Oc3ccccc3)cc2)cc1. The van der Waals surface area contributed by atoms with Crippen LogP contribution in [0.3, 0.4) is 0 Å². The van der Waals surface area contributed by atoms with Gasteiger partial charge in [0.05, 0.1) is 0 Å². The van der Waals surface area contributed by atoms with Gasteiger partial charge in [-0.05, 0) is 142 Å². The van der Waals surface area contributed by atoms with Crippen LogP contribution in [-0.2, 0) is 19.5 Å². The first-order valence-electron chi connectivity index (χ1n) is 24.9. The van der Waals surface area contributed by atoms with E-state index in [9.17, 15) is 4.79 Å². The number of amides is 2. The first-order valence-corrected chi connectivity index (χ1v) is 24.9. The zero-order valence-corrected chi connectivity index (χ0v) is 40.6. The third-order valence-corrected chi connectivity index (χ3v) is 11.4. The van der Waals surface area contributed by atoms with Crippen LogP contribution in [0.25, 0.3) is 0 Å². The second kappa shape index (κ2) is 32.5. The predicted octanol–water partition coefficient (Wildman–Crippen LogP) is 14.2. The highest BCUT2D eigenvalue weighted by Gasteiger charge is 2.17. The zero-order chi connectivity index (χ0) is 46.2. The van der Waals surface area contributed by atoms with E-state index in [0.29, 0.717) is 13.1 Å². The molecule has 0 saturated heterocycles. The summed E-state index contributed by atoms with van der Waals surface area (Å²) in [7, 11) is 0. The highest BCUT2D eigenvalue weighted by Crippen LogP contribution is 2.23. The maximum Gasteiger partial charge on any atom is 0.322 e. The molecule has 2 N–H and O–H groups in total. The van der Waals surface area contributed by atoms with Crippen LogP contribution in [0.5, 0.6) is 23.0 Å². The maximum atomic E-state index is 13.5. The van der Waals surface area contributed by atoms with E-state index in [1.807, 2.05) is 114 Å². The maximum absolute atomic E-state index is 13.5. The van der Waals surface area contributed by atoms with Crippen molar-refractivity contribution in [2.24, 2.45) is 0 Å². The van der Waals surface area contributed by atoms with E-state index >= 15 is 0 Å². The van der Waals surface area contributed by atoms with Gasteiger partial charge in [-0.2, -0.15) is 0 Å². The number of hydrogen-bond acceptors (Lipinski definition) is 6. The van der Waals surface area contributed by atoms with Gasteiger partial charge in [0.15, 0.2) is 0 Å². The van der Waals surface area contributed by atoms with Crippen molar-refractivity contribution in [3.63, 3.8) is 0 Å². The van der Waals surface area contributed by atoms with Crippen LogP contribution in [0.4, 0.5) is 10.5 Å². The largest absolute Gasteiger partial charge is 0.457 e. The molecule has 0 fully saturated rings. The summed E-state index contributed by atoms with van der Waals surface area (Å²) < 4.78 is 11.8. The summed E-state index contributed by atoms with van der Waals surface area (Å²) in [4.78, 5) is 20.5. The van der Waals surface area contributed by atoms with Crippen LogP contribution in [0.15, 0.2) is 133 Å². The monoisotopic (exact) mass is 884 g/mol. The number of benzene rings is 5. The molecule has 0 aliphatic rings. The Hall–Kier alpha value is -5.15. The molecule has 0 aliphatic carbocycles. The van der Waals surface area contributed by atoms with Gasteiger partial charge in [-0.15, -0.1) is 0 Å². The van der Waals surface area contributed by atoms with Crippen LogP contribution in [0.1, 0.15) is 116 Å². The number of nitrogens with one attached hydrogen (secondary N) is 2. The van der Waals surface area contributed by atoms with Crippen LogP contribution in [0.2, 0.25) is 0 Å². The number of para-hydroxylation sites is 2. The summed E-state index contributed by atoms with van der Waals surface area (Å²) in [6.45, 7) is 21.0. The quantitative estimate of drug-likeness (QED) is 0.0448. The zero-order valence-electron chi connectivity index (χ0n) is 40.6. The standard InChI is InChI=1S/C34H47N3O2.C23H34N2O/c1-4-7-13-29-16-20-31(21-17-29)35-34(38)37(27-26-36(24-8-5-2)25-9-6-3)28-30-18-22-33(23-19-30)39-32-14-11-10-12-15-32;1-3-5-17-25(18-6-4-2)19-16-24-20-21-12-14-23(15-13-21)26-22-10-8-7-9-11-22/h10-12,14-23H,4-9,13,24-28H2,1-3H3,(H,35,38);7-15,24H,3-6,16-20H2,1-2H3. The minimum absolute atomic E-state index is 0.0631. The van der Waals surface area contributed by atoms with Crippen LogP contribution in [0, 0.1) is 0 Å². The van der Waals surface area contributed by atoms with E-state index in [1.165, 1.54) is 88.4 Å². The first kappa shape index (κ1) is 52.5. The smallest absolute Gasteiger partial charge is 0.322 e. The average molecular weight is 884 g/mol. The van der Waals surface area contributed by atoms with E-state index in [0.717, 1.165) is 79.9 Å². The Bertz CT molecular complexity index is 1910. The number of rotatable bonds is 30. The van der Waals surface area contributed by atoms with E-state index in [1.54, 1.807) is 0 Å². The lowest BCUT2D eigenvalue weighted by atomic mass is 10.1. The number of hydrogen-bond donors (Lipinski definition) is 2. The van der Waals surface area contributed by atoms with E-state index in [-0.39, 0.29) is 6.03 Å². The van der Waals surface area contributed by atoms with Gasteiger partial charge in [0, 0.05) is 45.0 Å². The van der Waals surface area contributed by atoms with Gasteiger partial charge in [0.25, 0.3) is 0 Å². The van der Waals surface area contributed by atoms with E-state index in [2.05, 4.69) is 79.3 Å². The molecule has 8 nitrogen and oxygen atoms in total. The fourth-order valence-corrected chi connectivity index (χ4v) is 7.33. The average Bonchev–Trinajstić information content (AvgIpc) is 3.34. The highest BCUT2D eigenvalue weighted by molar-refractivity contribution is 5.89. The topological polar surface area (TPSA) is 69.3 Å². The Morgan fingerprint density at radius 1 is 0.446 bits per heavy atom. The summed E-state index contributed by atoms with van der Waals surface area (Å²) in [5.74, 6) is 3.35. The summed E-state index contributed by atoms with van der Waals surface area (Å²) >= 11 is 0. The van der Waals surface area contributed by atoms with Crippen molar-refractivity contribution >= 4 is 11.7 Å². The molecule has 0 heterocycles. The molecule has 65 heavy (non-hydrogen) atoms. The fourth-order valence-electron chi connectivity index (χ4n) is 7.33. The number of ether oxygens (including phenoxy) is 2. The lowest BCUT2D eigenvalue weighted by Crippen LogP contribution is -2.41. The summed E-state index contributed by atoms with van der Waals surface area (Å²) in [6.07, 6.45) is 13.3. The second-order valence-electron chi connectivity index (χ2n) is 17.0. The molecule has 0 radical (unpaired) electrons. The highest BCUT2D eigenvalue weighted by atomic mass is 16.5. The molecule has 8 heteroatoms. The number of urea groups is 1. The first-order chi connectivity index (χ1) is 31.9. The summed E-state index contributed by atoms with van der Waals surface area (Å²) in [5.41, 5.74) is 4.52. The van der Waals surface area contributed by atoms with Crippen molar-refractivity contribution < 1.29 is 14.3 Å². The molecule has 0 saturated carbocycles. The molecule has 5 rings (SSSR count). The van der Waals surface area contributed by atoms with Gasteiger partial charge in [-0.1, -0.05) is 140 Å². The predicted molar refractivity (Wildman–Crippen MR) is 275 cm³/mol. The Morgan fingerprint density at radius 2 is 0.877 bits per heavy atom. The number of carbonyl (C=O) groups is 1. The molecule has 2 amide bonds. The van der Waals surface area contributed by atoms with Crippen LogP contribution >= 0.6 is 0 Å². The Labute approximate surface area is 393 Å². The van der Waals surface area contributed by atoms with Gasteiger partial charge in [-0.3, -0.25) is 0 Å². The van der Waals surface area contributed by atoms with Crippen LogP contribution < -0.4 is 20.1 Å². The number of aryl methyl sites for hydroxylation is 1. The fraction of sp³-hybridized carbons (Fsp3) is 0.456. The Morgan fingerprint density at radius 3 is 1.35 bits per heavy atom. The van der Waals surface area contributed by atoms with Gasteiger partial charge >= 0.3 is 6.03 Å². The molecule has 5 aromatic rings. The van der Waals surface area contributed by atoms with Gasteiger partial charge in [0.2, 0.25) is 0 Å². The molecule has 0 aliphatic heterocycles. The van der Waals surface area contributed by atoms with Gasteiger partial charge < -0.3 is 34.8 Å². The molecule has 5 aromatic carbocycles. The molecular formula is C57H81N5O3. The van der Waals surface area contributed by atoms with Gasteiger partial charge in [0.1, 0.15) is 23.0 Å². The Balaban J connectivity index is 0.000000309. The Kier molecular flexibility index (Phi) is 26.2. The molecule has 0 aromatic heterocycles. The number of unbranched alkanes of at least 4 members (excludes halogenated alkanes) is 5. The third-order valence-electron chi connectivity index (χ3n) is 11.4. The molecule has 0 unspecified atom stereocenters.